The van der Waals surface area contributed by atoms with Crippen molar-refractivity contribution in [2.45, 2.75) is 6.04 Å². The first kappa shape index (κ1) is 15.8. The summed E-state index contributed by atoms with van der Waals surface area (Å²) in [6.07, 6.45) is 1.26. The number of ether oxygens (including phenoxy) is 2. The van der Waals surface area contributed by atoms with Crippen molar-refractivity contribution >= 4 is 17.6 Å². The van der Waals surface area contributed by atoms with Crippen LogP contribution in [-0.2, 0) is 14.3 Å². The van der Waals surface area contributed by atoms with Gasteiger partial charge in [0.15, 0.2) is 0 Å². The van der Waals surface area contributed by atoms with Crippen LogP contribution in [-0.4, -0.2) is 26.1 Å². The average Bonchev–Trinajstić information content (AvgIpc) is 2.64. The molecule has 0 spiro atoms. The van der Waals surface area contributed by atoms with Crippen LogP contribution in [0, 0.1) is 0 Å². The van der Waals surface area contributed by atoms with E-state index < -0.39 is 5.97 Å². The van der Waals surface area contributed by atoms with Crippen LogP contribution in [0.25, 0.3) is 0 Å². The van der Waals surface area contributed by atoms with Gasteiger partial charge in [-0.3, -0.25) is 9.69 Å². The molecule has 122 valence electrons. The maximum absolute atomic E-state index is 12.6. The Kier molecular flexibility index (Phi) is 4.33. The number of carbonyl (C=O) groups excluding carboxylic acids is 2. The number of carbonyl (C=O) groups is 2. The number of hydrogen-bond donors (Lipinski definition) is 0. The van der Waals surface area contributed by atoms with Crippen LogP contribution in [0.4, 0.5) is 5.69 Å². The highest BCUT2D eigenvalue weighted by molar-refractivity contribution is 6.17. The van der Waals surface area contributed by atoms with Crippen molar-refractivity contribution in [1.82, 2.24) is 0 Å². The molecule has 0 radical (unpaired) electrons. The molecule has 0 bridgehead atoms. The molecule has 3 rings (SSSR count). The highest BCUT2D eigenvalue weighted by Gasteiger charge is 2.44. The Bertz CT molecular complexity index is 781. The lowest BCUT2D eigenvalue weighted by Crippen LogP contribution is -2.49. The van der Waals surface area contributed by atoms with Crippen LogP contribution in [0.5, 0.6) is 5.75 Å². The minimum Gasteiger partial charge on any atom is -0.497 e. The Morgan fingerprint density at radius 2 is 1.71 bits per heavy atom. The number of rotatable bonds is 4. The molecule has 5 nitrogen and oxygen atoms in total. The maximum atomic E-state index is 12.6. The molecular formula is C19H17NO4. The molecule has 1 amide bonds. The summed E-state index contributed by atoms with van der Waals surface area (Å²) >= 11 is 0. The largest absolute Gasteiger partial charge is 0.497 e. The van der Waals surface area contributed by atoms with Gasteiger partial charge in [0.1, 0.15) is 5.75 Å². The number of esters is 1. The fourth-order valence-electron chi connectivity index (χ4n) is 2.75. The summed E-state index contributed by atoms with van der Waals surface area (Å²) in [5.74, 6) is -0.0265. The smallest absolute Gasteiger partial charge is 0.331 e. The molecule has 1 unspecified atom stereocenters. The van der Waals surface area contributed by atoms with Gasteiger partial charge in [-0.1, -0.05) is 30.3 Å². The normalized spacial score (nSPS) is 18.2. The van der Waals surface area contributed by atoms with Crippen molar-refractivity contribution in [1.29, 1.82) is 0 Å². The minimum atomic E-state index is -0.534. The van der Waals surface area contributed by atoms with Crippen molar-refractivity contribution in [2.24, 2.45) is 0 Å². The number of benzene rings is 2. The van der Waals surface area contributed by atoms with Crippen LogP contribution < -0.4 is 9.64 Å². The topological polar surface area (TPSA) is 55.8 Å². The van der Waals surface area contributed by atoms with Crippen LogP contribution in [0.3, 0.4) is 0 Å². The lowest BCUT2D eigenvalue weighted by Gasteiger charge is -2.43. The summed E-state index contributed by atoms with van der Waals surface area (Å²) in [6.45, 7) is 0. The third kappa shape index (κ3) is 2.76. The first-order chi connectivity index (χ1) is 11.7. The monoisotopic (exact) mass is 323 g/mol. The van der Waals surface area contributed by atoms with E-state index in [2.05, 4.69) is 4.74 Å². The van der Waals surface area contributed by atoms with E-state index in [1.165, 1.54) is 13.2 Å². The van der Waals surface area contributed by atoms with E-state index in [9.17, 15) is 9.59 Å². The fraction of sp³-hybridized carbons (Fsp3) is 0.158. The molecule has 0 N–H and O–H groups in total. The zero-order valence-corrected chi connectivity index (χ0v) is 13.4. The zero-order valence-electron chi connectivity index (χ0n) is 13.4. The van der Waals surface area contributed by atoms with Crippen molar-refractivity contribution in [3.63, 3.8) is 0 Å². The van der Waals surface area contributed by atoms with E-state index in [0.29, 0.717) is 11.3 Å². The van der Waals surface area contributed by atoms with Gasteiger partial charge in [0.2, 0.25) is 0 Å². The second-order valence-electron chi connectivity index (χ2n) is 5.31. The summed E-state index contributed by atoms with van der Waals surface area (Å²) in [7, 11) is 2.88. The third-order valence-electron chi connectivity index (χ3n) is 3.96. The number of anilines is 1. The summed E-state index contributed by atoms with van der Waals surface area (Å²) in [5, 5.41) is 0. The van der Waals surface area contributed by atoms with Crippen molar-refractivity contribution in [3.8, 4) is 5.75 Å². The summed E-state index contributed by atoms with van der Waals surface area (Å²) in [4.78, 5) is 25.8. The molecule has 0 aromatic heterocycles. The molecule has 1 aliphatic heterocycles. The second kappa shape index (κ2) is 6.58. The third-order valence-corrected chi connectivity index (χ3v) is 3.96. The van der Waals surface area contributed by atoms with Crippen LogP contribution in [0.15, 0.2) is 66.2 Å². The lowest BCUT2D eigenvalue weighted by molar-refractivity contribution is -0.135. The summed E-state index contributed by atoms with van der Waals surface area (Å²) in [6, 6.07) is 16.5. The maximum Gasteiger partial charge on any atom is 0.331 e. The van der Waals surface area contributed by atoms with Gasteiger partial charge in [0.25, 0.3) is 5.91 Å². The molecule has 1 fully saturated rings. The number of β-lactam (4-membered cyclic amide) rings is 1. The first-order valence-corrected chi connectivity index (χ1v) is 7.48. The molecule has 2 aromatic rings. The molecule has 1 aliphatic rings. The Morgan fingerprint density at radius 1 is 1.04 bits per heavy atom. The Hall–Kier alpha value is -3.08. The van der Waals surface area contributed by atoms with E-state index in [1.54, 1.807) is 24.1 Å². The summed E-state index contributed by atoms with van der Waals surface area (Å²) < 4.78 is 9.81. The highest BCUT2D eigenvalue weighted by atomic mass is 16.5. The second-order valence-corrected chi connectivity index (χ2v) is 5.31. The number of hydrogen-bond acceptors (Lipinski definition) is 4. The molecule has 5 heteroatoms. The van der Waals surface area contributed by atoms with Crippen molar-refractivity contribution in [2.75, 3.05) is 19.1 Å². The number of methoxy groups -OCH3 is 2. The average molecular weight is 323 g/mol. The van der Waals surface area contributed by atoms with Gasteiger partial charge in [-0.2, -0.15) is 0 Å². The van der Waals surface area contributed by atoms with E-state index >= 15 is 0 Å². The Labute approximate surface area is 140 Å². The van der Waals surface area contributed by atoms with Crippen molar-refractivity contribution in [3.05, 3.63) is 71.8 Å². The van der Waals surface area contributed by atoms with Gasteiger partial charge in [-0.15, -0.1) is 0 Å². The molecular weight excluding hydrogens is 306 g/mol. The predicted octanol–water partition coefficient (Wildman–Crippen LogP) is 2.88. The molecule has 1 heterocycles. The SMILES string of the molecule is COC(=O)/C=C1/C(=O)N(c2ccc(OC)cc2)C1c1ccccc1. The molecule has 1 saturated heterocycles. The van der Waals surface area contributed by atoms with E-state index in [4.69, 9.17) is 4.74 Å². The Morgan fingerprint density at radius 3 is 2.29 bits per heavy atom. The van der Waals surface area contributed by atoms with Crippen LogP contribution >= 0.6 is 0 Å². The quantitative estimate of drug-likeness (QED) is 0.493. The van der Waals surface area contributed by atoms with Gasteiger partial charge in [0, 0.05) is 11.8 Å². The Balaban J connectivity index is 2.00. The van der Waals surface area contributed by atoms with E-state index in [1.807, 2.05) is 42.5 Å². The van der Waals surface area contributed by atoms with Gasteiger partial charge in [0.05, 0.1) is 25.8 Å². The zero-order chi connectivity index (χ0) is 17.1. The lowest BCUT2D eigenvalue weighted by atomic mass is 9.87. The van der Waals surface area contributed by atoms with Crippen LogP contribution in [0.2, 0.25) is 0 Å². The van der Waals surface area contributed by atoms with Gasteiger partial charge in [-0.25, -0.2) is 4.79 Å². The van der Waals surface area contributed by atoms with Crippen LogP contribution in [0.1, 0.15) is 11.6 Å². The summed E-state index contributed by atoms with van der Waals surface area (Å²) in [5.41, 5.74) is 2.10. The van der Waals surface area contributed by atoms with Crippen molar-refractivity contribution < 1.29 is 19.1 Å². The molecule has 0 aliphatic carbocycles. The first-order valence-electron chi connectivity index (χ1n) is 7.48. The fourth-order valence-corrected chi connectivity index (χ4v) is 2.75. The van der Waals surface area contributed by atoms with Gasteiger partial charge in [-0.05, 0) is 29.8 Å². The number of amides is 1. The predicted molar refractivity (Wildman–Crippen MR) is 89.8 cm³/mol. The molecule has 1 atom stereocenters. The number of nitrogens with zero attached hydrogens (tertiary/aromatic N) is 1. The molecule has 2 aromatic carbocycles. The van der Waals surface area contributed by atoms with E-state index in [-0.39, 0.29) is 11.9 Å². The standard InChI is InChI=1S/C19H17NO4/c1-23-15-10-8-14(9-11-15)20-18(13-6-4-3-5-7-13)16(19(20)22)12-17(21)24-2/h3-12,18H,1-2H3/b16-12+. The van der Waals surface area contributed by atoms with E-state index in [0.717, 1.165) is 11.3 Å². The van der Waals surface area contributed by atoms with Gasteiger partial charge < -0.3 is 9.47 Å². The van der Waals surface area contributed by atoms with Gasteiger partial charge >= 0.3 is 5.97 Å². The highest BCUT2D eigenvalue weighted by Crippen LogP contribution is 2.43. The molecule has 0 saturated carbocycles. The molecule has 24 heavy (non-hydrogen) atoms. The minimum absolute atomic E-state index is 0.209.